The van der Waals surface area contributed by atoms with Gasteiger partial charge in [-0.1, -0.05) is 23.2 Å². The molecular weight excluding hydrogens is 447 g/mol. The standard InChI is InChI=1S/C24H16Cl2N4O2/c25-15-1-3-19-13(7-15)9-17-21(27-19)11-29(23(17)31)5-6-30-12-22-18(24(30)32)10-14-8-16(26)2-4-20(14)28-22/h1-4,7-10H,5-6,11-12H2. The molecule has 0 bridgehead atoms. The number of nitrogens with zero attached hydrogens (tertiary/aromatic N) is 4. The maximum absolute atomic E-state index is 12.9. The Hall–Kier alpha value is -3.22. The van der Waals surface area contributed by atoms with Gasteiger partial charge in [0.2, 0.25) is 0 Å². The molecule has 2 aliphatic heterocycles. The van der Waals surface area contributed by atoms with Crippen LogP contribution in [0.1, 0.15) is 32.1 Å². The second-order valence-electron chi connectivity index (χ2n) is 8.09. The molecule has 4 aromatic rings. The van der Waals surface area contributed by atoms with Crippen LogP contribution >= 0.6 is 23.2 Å². The van der Waals surface area contributed by atoms with Crippen LogP contribution in [0.25, 0.3) is 21.8 Å². The van der Waals surface area contributed by atoms with Gasteiger partial charge in [-0.15, -0.1) is 0 Å². The van der Waals surface area contributed by atoms with Crippen molar-refractivity contribution in [1.82, 2.24) is 19.8 Å². The molecule has 6 nitrogen and oxygen atoms in total. The number of aromatic nitrogens is 2. The van der Waals surface area contributed by atoms with E-state index < -0.39 is 0 Å². The van der Waals surface area contributed by atoms with Gasteiger partial charge in [0.15, 0.2) is 0 Å². The molecule has 0 spiro atoms. The minimum atomic E-state index is -0.0722. The van der Waals surface area contributed by atoms with Crippen molar-refractivity contribution < 1.29 is 9.59 Å². The molecular formula is C24H16Cl2N4O2. The molecule has 4 heterocycles. The average molecular weight is 463 g/mol. The minimum absolute atomic E-state index is 0.0722. The molecule has 2 aromatic carbocycles. The van der Waals surface area contributed by atoms with Crippen LogP contribution in [-0.2, 0) is 13.1 Å². The number of amides is 2. The molecule has 0 atom stereocenters. The maximum atomic E-state index is 12.9. The van der Waals surface area contributed by atoms with Crippen molar-refractivity contribution >= 4 is 56.8 Å². The monoisotopic (exact) mass is 462 g/mol. The van der Waals surface area contributed by atoms with E-state index in [0.29, 0.717) is 47.4 Å². The Labute approximate surface area is 193 Å². The Morgan fingerprint density at radius 3 is 1.56 bits per heavy atom. The summed E-state index contributed by atoms with van der Waals surface area (Å²) in [5.41, 5.74) is 4.33. The van der Waals surface area contributed by atoms with E-state index in [2.05, 4.69) is 9.97 Å². The molecule has 0 aliphatic carbocycles. The van der Waals surface area contributed by atoms with Crippen LogP contribution in [0.2, 0.25) is 10.0 Å². The van der Waals surface area contributed by atoms with Gasteiger partial charge >= 0.3 is 0 Å². The molecule has 0 radical (unpaired) electrons. The van der Waals surface area contributed by atoms with Crippen LogP contribution in [0.5, 0.6) is 0 Å². The zero-order valence-electron chi connectivity index (χ0n) is 16.8. The van der Waals surface area contributed by atoms with Crippen LogP contribution in [-0.4, -0.2) is 44.7 Å². The maximum Gasteiger partial charge on any atom is 0.256 e. The van der Waals surface area contributed by atoms with E-state index in [1.54, 1.807) is 21.9 Å². The second-order valence-corrected chi connectivity index (χ2v) is 8.97. The first-order valence-corrected chi connectivity index (χ1v) is 11.0. The van der Waals surface area contributed by atoms with E-state index in [1.165, 1.54) is 0 Å². The van der Waals surface area contributed by atoms with Gasteiger partial charge in [-0.25, -0.2) is 0 Å². The SMILES string of the molecule is O=C1c2cc3cc(Cl)ccc3nc2CN1CCN1Cc2nc3ccc(Cl)cc3cc2C1=O. The van der Waals surface area contributed by atoms with Crippen molar-refractivity contribution in [3.8, 4) is 0 Å². The fraction of sp³-hybridized carbons (Fsp3) is 0.167. The van der Waals surface area contributed by atoms with Gasteiger partial charge in [-0.2, -0.15) is 0 Å². The highest BCUT2D eigenvalue weighted by Gasteiger charge is 2.32. The Kier molecular flexibility index (Phi) is 4.35. The molecule has 2 amide bonds. The summed E-state index contributed by atoms with van der Waals surface area (Å²) in [6, 6.07) is 14.6. The summed E-state index contributed by atoms with van der Waals surface area (Å²) in [5, 5.41) is 2.90. The number of benzene rings is 2. The second kappa shape index (κ2) is 7.15. The molecule has 0 saturated carbocycles. The zero-order chi connectivity index (χ0) is 22.0. The Morgan fingerprint density at radius 1 is 0.688 bits per heavy atom. The van der Waals surface area contributed by atoms with Crippen molar-refractivity contribution in [2.45, 2.75) is 13.1 Å². The topological polar surface area (TPSA) is 66.4 Å². The van der Waals surface area contributed by atoms with Gasteiger partial charge < -0.3 is 9.80 Å². The number of hydrogen-bond acceptors (Lipinski definition) is 4. The van der Waals surface area contributed by atoms with Gasteiger partial charge in [-0.3, -0.25) is 19.6 Å². The number of rotatable bonds is 3. The van der Waals surface area contributed by atoms with Gasteiger partial charge in [0, 0.05) is 33.9 Å². The van der Waals surface area contributed by atoms with Gasteiger partial charge in [0.05, 0.1) is 46.6 Å². The van der Waals surface area contributed by atoms with Crippen molar-refractivity contribution in [2.24, 2.45) is 0 Å². The first kappa shape index (κ1) is 19.5. The molecule has 2 aromatic heterocycles. The third-order valence-corrected chi connectivity index (χ3v) is 6.54. The van der Waals surface area contributed by atoms with Gasteiger partial charge in [0.25, 0.3) is 11.8 Å². The third kappa shape index (κ3) is 3.10. The summed E-state index contributed by atoms with van der Waals surface area (Å²) < 4.78 is 0. The first-order chi connectivity index (χ1) is 15.5. The summed E-state index contributed by atoms with van der Waals surface area (Å²) >= 11 is 12.2. The van der Waals surface area contributed by atoms with E-state index in [-0.39, 0.29) is 11.8 Å². The van der Waals surface area contributed by atoms with Crippen molar-refractivity contribution in [3.63, 3.8) is 0 Å². The highest BCUT2D eigenvalue weighted by molar-refractivity contribution is 6.31. The Morgan fingerprint density at radius 2 is 1.12 bits per heavy atom. The lowest BCUT2D eigenvalue weighted by molar-refractivity contribution is 0.0687. The first-order valence-electron chi connectivity index (χ1n) is 10.2. The van der Waals surface area contributed by atoms with E-state index in [4.69, 9.17) is 23.2 Å². The summed E-state index contributed by atoms with van der Waals surface area (Å²) in [7, 11) is 0. The molecule has 158 valence electrons. The summed E-state index contributed by atoms with van der Waals surface area (Å²) in [6.07, 6.45) is 0. The highest BCUT2D eigenvalue weighted by Crippen LogP contribution is 2.29. The lowest BCUT2D eigenvalue weighted by atomic mass is 10.1. The predicted octanol–water partition coefficient (Wildman–Crippen LogP) is 4.70. The largest absolute Gasteiger partial charge is 0.331 e. The molecule has 32 heavy (non-hydrogen) atoms. The van der Waals surface area contributed by atoms with Crippen LogP contribution in [0.15, 0.2) is 48.5 Å². The number of hydrogen-bond donors (Lipinski definition) is 0. The highest BCUT2D eigenvalue weighted by atomic mass is 35.5. The van der Waals surface area contributed by atoms with Crippen LogP contribution < -0.4 is 0 Å². The molecule has 0 unspecified atom stereocenters. The van der Waals surface area contributed by atoms with Gasteiger partial charge in [0.1, 0.15) is 0 Å². The fourth-order valence-corrected chi connectivity index (χ4v) is 4.80. The number of fused-ring (bicyclic) bond motifs is 4. The lowest BCUT2D eigenvalue weighted by Gasteiger charge is -2.20. The quantitative estimate of drug-likeness (QED) is 0.442. The van der Waals surface area contributed by atoms with E-state index in [0.717, 1.165) is 33.2 Å². The van der Waals surface area contributed by atoms with Crippen molar-refractivity contribution in [3.05, 3.63) is 81.1 Å². The van der Waals surface area contributed by atoms with E-state index in [1.807, 2.05) is 36.4 Å². The van der Waals surface area contributed by atoms with Crippen molar-refractivity contribution in [2.75, 3.05) is 13.1 Å². The van der Waals surface area contributed by atoms with E-state index >= 15 is 0 Å². The average Bonchev–Trinajstić information content (AvgIpc) is 3.25. The van der Waals surface area contributed by atoms with Crippen LogP contribution in [0, 0.1) is 0 Å². The zero-order valence-corrected chi connectivity index (χ0v) is 18.3. The molecule has 0 saturated heterocycles. The van der Waals surface area contributed by atoms with E-state index in [9.17, 15) is 9.59 Å². The van der Waals surface area contributed by atoms with Crippen molar-refractivity contribution in [1.29, 1.82) is 0 Å². The normalized spacial score (nSPS) is 15.2. The molecule has 8 heteroatoms. The Balaban J connectivity index is 1.20. The summed E-state index contributed by atoms with van der Waals surface area (Å²) in [4.78, 5) is 38.6. The van der Waals surface area contributed by atoms with Crippen LogP contribution in [0.3, 0.4) is 0 Å². The number of halogens is 2. The smallest absolute Gasteiger partial charge is 0.256 e. The predicted molar refractivity (Wildman–Crippen MR) is 123 cm³/mol. The lowest BCUT2D eigenvalue weighted by Crippen LogP contribution is -2.35. The Bertz CT molecular complexity index is 1360. The summed E-state index contributed by atoms with van der Waals surface area (Å²) in [5.74, 6) is -0.144. The summed E-state index contributed by atoms with van der Waals surface area (Å²) in [6.45, 7) is 1.72. The number of carbonyl (C=O) groups is 2. The third-order valence-electron chi connectivity index (χ3n) is 6.07. The number of pyridine rings is 2. The molecule has 6 rings (SSSR count). The molecule has 2 aliphatic rings. The fourth-order valence-electron chi connectivity index (χ4n) is 4.43. The van der Waals surface area contributed by atoms with Crippen LogP contribution in [0.4, 0.5) is 0 Å². The minimum Gasteiger partial charge on any atom is -0.331 e. The van der Waals surface area contributed by atoms with Gasteiger partial charge in [-0.05, 0) is 48.5 Å². The molecule has 0 fully saturated rings. The molecule has 0 N–H and O–H groups in total. The number of carbonyl (C=O) groups excluding carboxylic acids is 2.